The number of nitriles is 1. The summed E-state index contributed by atoms with van der Waals surface area (Å²) in [5.41, 5.74) is 1.03. The fourth-order valence-electron chi connectivity index (χ4n) is 9.08. The zero-order valence-corrected chi connectivity index (χ0v) is 15.9. The van der Waals surface area contributed by atoms with Crippen molar-refractivity contribution in [2.24, 2.45) is 46.3 Å². The third-order valence-electron chi connectivity index (χ3n) is 10.2. The van der Waals surface area contributed by atoms with E-state index >= 15 is 0 Å². The number of nitrogens with zero attached hydrogens (tertiary/aromatic N) is 1. The molecular weight excluding hydrogens is 306 g/mol. The Hall–Kier alpha value is -0.550. The van der Waals surface area contributed by atoms with Gasteiger partial charge in [0.1, 0.15) is 0 Å². The van der Waals surface area contributed by atoms with Gasteiger partial charge in [0, 0.05) is 5.92 Å². The predicted octanol–water partition coefficient (Wildman–Crippen LogP) is 5.31. The summed E-state index contributed by atoms with van der Waals surface area (Å²) >= 11 is 0. The van der Waals surface area contributed by atoms with Gasteiger partial charge in [0.05, 0.1) is 12.2 Å². The molecule has 0 aromatic rings. The first-order valence-corrected chi connectivity index (χ1v) is 11.1. The molecule has 2 heteroatoms. The summed E-state index contributed by atoms with van der Waals surface area (Å²) in [5, 5.41) is 19.8. The number of rotatable bonds is 0. The van der Waals surface area contributed by atoms with Crippen molar-refractivity contribution in [2.45, 2.75) is 90.1 Å². The topological polar surface area (TPSA) is 44.0 Å². The molecule has 5 saturated carbocycles. The molecule has 1 N–H and O–H groups in total. The van der Waals surface area contributed by atoms with Gasteiger partial charge in [-0.2, -0.15) is 5.26 Å². The van der Waals surface area contributed by atoms with Gasteiger partial charge in [-0.25, -0.2) is 0 Å². The van der Waals surface area contributed by atoms with Gasteiger partial charge in [-0.3, -0.25) is 0 Å². The highest BCUT2D eigenvalue weighted by Gasteiger charge is 2.62. The molecule has 5 aliphatic carbocycles. The van der Waals surface area contributed by atoms with E-state index in [0.717, 1.165) is 42.4 Å². The molecule has 5 rings (SSSR count). The molecule has 1 unspecified atom stereocenters. The maximum Gasteiger partial charge on any atom is 0.0656 e. The SMILES string of the molecule is C[C@]12CC[C@@H](O)C[C@@H]1CC[C@@H]1[C@@H]2CC[C@@]23CC(C#N)CC[C@H]2CC[C@@H]13. The molecule has 138 valence electrons. The van der Waals surface area contributed by atoms with E-state index in [1.807, 2.05) is 0 Å². The van der Waals surface area contributed by atoms with E-state index in [4.69, 9.17) is 0 Å². The first-order chi connectivity index (χ1) is 12.1. The van der Waals surface area contributed by atoms with Crippen molar-refractivity contribution in [3.63, 3.8) is 0 Å². The molecule has 0 amide bonds. The van der Waals surface area contributed by atoms with Crippen LogP contribution in [0, 0.1) is 57.7 Å². The van der Waals surface area contributed by atoms with Crippen LogP contribution in [0.3, 0.4) is 0 Å². The van der Waals surface area contributed by atoms with E-state index in [-0.39, 0.29) is 6.10 Å². The summed E-state index contributed by atoms with van der Waals surface area (Å²) in [4.78, 5) is 0. The number of hydrogen-bond acceptors (Lipinski definition) is 2. The molecule has 25 heavy (non-hydrogen) atoms. The third-order valence-corrected chi connectivity index (χ3v) is 10.2. The van der Waals surface area contributed by atoms with Crippen molar-refractivity contribution in [1.82, 2.24) is 0 Å². The van der Waals surface area contributed by atoms with Crippen LogP contribution in [0.25, 0.3) is 0 Å². The van der Waals surface area contributed by atoms with Gasteiger partial charge in [0.15, 0.2) is 0 Å². The summed E-state index contributed by atoms with van der Waals surface area (Å²) in [5.74, 6) is 4.77. The molecule has 0 radical (unpaired) electrons. The molecule has 5 fully saturated rings. The van der Waals surface area contributed by atoms with Crippen LogP contribution in [0.2, 0.25) is 0 Å². The fourth-order valence-corrected chi connectivity index (χ4v) is 9.08. The van der Waals surface area contributed by atoms with Gasteiger partial charge < -0.3 is 5.11 Å². The number of fused-ring (bicyclic) bond motifs is 4. The van der Waals surface area contributed by atoms with Crippen LogP contribution in [0.5, 0.6) is 0 Å². The molecule has 5 aliphatic rings. The third kappa shape index (κ3) is 2.24. The minimum Gasteiger partial charge on any atom is -0.393 e. The van der Waals surface area contributed by atoms with Crippen molar-refractivity contribution in [3.8, 4) is 6.07 Å². The molecule has 0 saturated heterocycles. The molecule has 2 nitrogen and oxygen atoms in total. The normalized spacial score (nSPS) is 57.6. The molecular formula is C23H35NO. The fraction of sp³-hybridized carbons (Fsp3) is 0.957. The number of aliphatic hydroxyl groups is 1. The summed E-state index contributed by atoms with van der Waals surface area (Å²) in [6.45, 7) is 2.59. The zero-order valence-electron chi connectivity index (χ0n) is 15.9. The number of hydrogen-bond donors (Lipinski definition) is 1. The van der Waals surface area contributed by atoms with E-state index in [0.29, 0.717) is 16.7 Å². The Morgan fingerprint density at radius 2 is 1.68 bits per heavy atom. The monoisotopic (exact) mass is 341 g/mol. The molecule has 9 atom stereocenters. The van der Waals surface area contributed by atoms with Crippen molar-refractivity contribution < 1.29 is 5.11 Å². The Morgan fingerprint density at radius 1 is 0.880 bits per heavy atom. The molecule has 0 aromatic heterocycles. The van der Waals surface area contributed by atoms with E-state index in [2.05, 4.69) is 13.0 Å². The summed E-state index contributed by atoms with van der Waals surface area (Å²) < 4.78 is 0. The van der Waals surface area contributed by atoms with Gasteiger partial charge in [-0.1, -0.05) is 6.92 Å². The van der Waals surface area contributed by atoms with Crippen molar-refractivity contribution >= 4 is 0 Å². The van der Waals surface area contributed by atoms with Crippen LogP contribution in [-0.4, -0.2) is 11.2 Å². The van der Waals surface area contributed by atoms with Crippen molar-refractivity contribution in [2.75, 3.05) is 0 Å². The smallest absolute Gasteiger partial charge is 0.0656 e. The highest BCUT2D eigenvalue weighted by molar-refractivity contribution is 5.13. The lowest BCUT2D eigenvalue weighted by Gasteiger charge is -2.62. The first-order valence-electron chi connectivity index (χ1n) is 11.1. The van der Waals surface area contributed by atoms with E-state index in [9.17, 15) is 10.4 Å². The summed E-state index contributed by atoms with van der Waals surface area (Å²) in [7, 11) is 0. The maximum atomic E-state index is 10.2. The lowest BCUT2D eigenvalue weighted by atomic mass is 9.43. The lowest BCUT2D eigenvalue weighted by molar-refractivity contribution is -0.138. The van der Waals surface area contributed by atoms with Crippen LogP contribution in [0.15, 0.2) is 0 Å². The molecule has 0 bridgehead atoms. The Balaban J connectivity index is 1.44. The average molecular weight is 342 g/mol. The molecule has 0 aromatic carbocycles. The van der Waals surface area contributed by atoms with Crippen LogP contribution in [-0.2, 0) is 0 Å². The Morgan fingerprint density at radius 3 is 2.52 bits per heavy atom. The highest BCUT2D eigenvalue weighted by Crippen LogP contribution is 2.70. The zero-order chi connectivity index (χ0) is 17.2. The standard InChI is InChI=1S/C23H35NO/c1-22-10-8-18(25)12-17(22)4-6-19-20(22)9-11-23-13-15(14-24)2-3-16(23)5-7-21(19)23/h15-21,25H,2-13H2,1H3/t15?,16-,17-,18+,19+,20-,21-,22-,23+/m0/s1. The van der Waals surface area contributed by atoms with Crippen LogP contribution < -0.4 is 0 Å². The second-order valence-electron chi connectivity index (χ2n) is 10.7. The molecule has 0 heterocycles. The van der Waals surface area contributed by atoms with E-state index in [1.54, 1.807) is 0 Å². The lowest BCUT2D eigenvalue weighted by Crippen LogP contribution is -2.55. The minimum absolute atomic E-state index is 0.0323. The van der Waals surface area contributed by atoms with Crippen LogP contribution in [0.1, 0.15) is 84.0 Å². The second-order valence-corrected chi connectivity index (χ2v) is 10.7. The summed E-state index contributed by atoms with van der Waals surface area (Å²) in [6.07, 6.45) is 15.5. The second kappa shape index (κ2) is 5.72. The van der Waals surface area contributed by atoms with Crippen LogP contribution in [0.4, 0.5) is 0 Å². The van der Waals surface area contributed by atoms with Crippen molar-refractivity contribution in [1.29, 1.82) is 5.26 Å². The average Bonchev–Trinajstić information content (AvgIpc) is 3.01. The Labute approximate surface area is 153 Å². The highest BCUT2D eigenvalue weighted by atomic mass is 16.3. The largest absolute Gasteiger partial charge is 0.393 e. The van der Waals surface area contributed by atoms with E-state index < -0.39 is 0 Å². The molecule has 0 aliphatic heterocycles. The predicted molar refractivity (Wildman–Crippen MR) is 98.5 cm³/mol. The first kappa shape index (κ1) is 16.6. The quantitative estimate of drug-likeness (QED) is 0.649. The van der Waals surface area contributed by atoms with Gasteiger partial charge in [-0.05, 0) is 117 Å². The number of aliphatic hydroxyl groups excluding tert-OH is 1. The summed E-state index contributed by atoms with van der Waals surface area (Å²) in [6, 6.07) is 2.65. The van der Waals surface area contributed by atoms with E-state index in [1.165, 1.54) is 64.2 Å². The van der Waals surface area contributed by atoms with Gasteiger partial charge in [0.25, 0.3) is 0 Å². The van der Waals surface area contributed by atoms with Gasteiger partial charge in [0.2, 0.25) is 0 Å². The van der Waals surface area contributed by atoms with Crippen LogP contribution >= 0.6 is 0 Å². The molecule has 1 spiro atoms. The Bertz CT molecular complexity index is 581. The minimum atomic E-state index is -0.0323. The van der Waals surface area contributed by atoms with Gasteiger partial charge in [-0.15, -0.1) is 0 Å². The maximum absolute atomic E-state index is 10.2. The Kier molecular flexibility index (Phi) is 3.80. The van der Waals surface area contributed by atoms with Gasteiger partial charge >= 0.3 is 0 Å². The van der Waals surface area contributed by atoms with Crippen molar-refractivity contribution in [3.05, 3.63) is 0 Å².